The molecule has 2 N–H and O–H groups in total. The normalized spacial score (nSPS) is 26.4. The summed E-state index contributed by atoms with van der Waals surface area (Å²) in [6.07, 6.45) is 4.63. The van der Waals surface area contributed by atoms with Gasteiger partial charge in [0.05, 0.1) is 6.10 Å². The summed E-state index contributed by atoms with van der Waals surface area (Å²) in [4.78, 5) is 0. The van der Waals surface area contributed by atoms with Gasteiger partial charge in [-0.3, -0.25) is 0 Å². The topological polar surface area (TPSA) is 50.7 Å². The van der Waals surface area contributed by atoms with E-state index in [0.29, 0.717) is 31.7 Å². The maximum atomic E-state index is 10.4. The first kappa shape index (κ1) is 14.7. The number of fused-ring (bicyclic) bond motifs is 1. The Labute approximate surface area is 126 Å². The zero-order valence-electron chi connectivity index (χ0n) is 12.7. The Bertz CT molecular complexity index is 477. The van der Waals surface area contributed by atoms with Crippen molar-refractivity contribution in [2.24, 2.45) is 5.92 Å². The van der Waals surface area contributed by atoms with Crippen LogP contribution in [-0.4, -0.2) is 30.9 Å². The van der Waals surface area contributed by atoms with E-state index in [4.69, 9.17) is 9.47 Å². The third-order valence-corrected chi connectivity index (χ3v) is 4.64. The monoisotopic (exact) mass is 291 g/mol. The minimum absolute atomic E-state index is 0.505. The fourth-order valence-corrected chi connectivity index (χ4v) is 3.27. The molecule has 3 atom stereocenters. The lowest BCUT2D eigenvalue weighted by atomic mass is 9.86. The highest BCUT2D eigenvalue weighted by Crippen LogP contribution is 2.32. The van der Waals surface area contributed by atoms with Crippen molar-refractivity contribution in [3.63, 3.8) is 0 Å². The van der Waals surface area contributed by atoms with Crippen LogP contribution in [0, 0.1) is 5.92 Å². The number of rotatable bonds is 4. The van der Waals surface area contributed by atoms with E-state index in [-0.39, 0.29) is 0 Å². The standard InChI is InChI=1S/C17H25NO3/c1-12-4-2-3-5-14(12)18-11-15(19)13-6-7-16-17(10-13)21-9-8-20-16/h6-7,10,12,14-15,18-19H,2-5,8-9,11H2,1H3. The molecular formula is C17H25NO3. The van der Waals surface area contributed by atoms with Gasteiger partial charge in [0, 0.05) is 12.6 Å². The van der Waals surface area contributed by atoms with Crippen LogP contribution >= 0.6 is 0 Å². The number of ether oxygens (including phenoxy) is 2. The van der Waals surface area contributed by atoms with Gasteiger partial charge >= 0.3 is 0 Å². The Hall–Kier alpha value is -1.26. The second-order valence-corrected chi connectivity index (χ2v) is 6.20. The highest BCUT2D eigenvalue weighted by Gasteiger charge is 2.22. The van der Waals surface area contributed by atoms with Crippen LogP contribution in [0.15, 0.2) is 18.2 Å². The lowest BCUT2D eigenvalue weighted by Gasteiger charge is -2.30. The summed E-state index contributed by atoms with van der Waals surface area (Å²) in [5.41, 5.74) is 0.884. The smallest absolute Gasteiger partial charge is 0.161 e. The molecule has 4 nitrogen and oxygen atoms in total. The summed E-state index contributed by atoms with van der Waals surface area (Å²) in [6, 6.07) is 6.23. The zero-order chi connectivity index (χ0) is 14.7. The van der Waals surface area contributed by atoms with Gasteiger partial charge in [-0.15, -0.1) is 0 Å². The SMILES string of the molecule is CC1CCCCC1NCC(O)c1ccc2c(c1)OCCO2. The van der Waals surface area contributed by atoms with Crippen LogP contribution in [0.25, 0.3) is 0 Å². The Morgan fingerprint density at radius 3 is 2.76 bits per heavy atom. The van der Waals surface area contributed by atoms with Crippen LogP contribution in [0.5, 0.6) is 11.5 Å². The summed E-state index contributed by atoms with van der Waals surface area (Å²) in [7, 11) is 0. The summed E-state index contributed by atoms with van der Waals surface area (Å²) in [6.45, 7) is 4.06. The zero-order valence-corrected chi connectivity index (χ0v) is 12.7. The molecule has 0 spiro atoms. The predicted octanol–water partition coefficient (Wildman–Crippen LogP) is 2.66. The van der Waals surface area contributed by atoms with Crippen LogP contribution in [0.1, 0.15) is 44.3 Å². The van der Waals surface area contributed by atoms with E-state index in [1.165, 1.54) is 25.7 Å². The molecule has 0 aromatic heterocycles. The van der Waals surface area contributed by atoms with Crippen molar-refractivity contribution in [3.05, 3.63) is 23.8 Å². The molecule has 21 heavy (non-hydrogen) atoms. The van der Waals surface area contributed by atoms with E-state index in [1.54, 1.807) is 0 Å². The van der Waals surface area contributed by atoms with Crippen molar-refractivity contribution in [1.29, 1.82) is 0 Å². The average Bonchev–Trinajstić information content (AvgIpc) is 2.53. The molecule has 1 saturated carbocycles. The molecule has 3 rings (SSSR count). The fraction of sp³-hybridized carbons (Fsp3) is 0.647. The first-order chi connectivity index (χ1) is 10.2. The van der Waals surface area contributed by atoms with Gasteiger partial charge in [0.25, 0.3) is 0 Å². The highest BCUT2D eigenvalue weighted by molar-refractivity contribution is 5.44. The number of hydrogen-bond acceptors (Lipinski definition) is 4. The van der Waals surface area contributed by atoms with Gasteiger partial charge in [-0.25, -0.2) is 0 Å². The number of aliphatic hydroxyl groups is 1. The molecule has 1 aromatic rings. The second kappa shape index (κ2) is 6.67. The van der Waals surface area contributed by atoms with Gasteiger partial charge in [-0.05, 0) is 36.5 Å². The molecule has 0 saturated heterocycles. The van der Waals surface area contributed by atoms with E-state index in [2.05, 4.69) is 12.2 Å². The maximum Gasteiger partial charge on any atom is 0.161 e. The molecule has 1 aromatic carbocycles. The van der Waals surface area contributed by atoms with Crippen LogP contribution in [0.2, 0.25) is 0 Å². The molecule has 1 fully saturated rings. The van der Waals surface area contributed by atoms with Gasteiger partial charge in [0.1, 0.15) is 13.2 Å². The third-order valence-electron chi connectivity index (χ3n) is 4.64. The molecule has 4 heteroatoms. The first-order valence-corrected chi connectivity index (χ1v) is 8.05. The van der Waals surface area contributed by atoms with Crippen molar-refractivity contribution in [1.82, 2.24) is 5.32 Å². The molecule has 0 amide bonds. The highest BCUT2D eigenvalue weighted by atomic mass is 16.6. The molecule has 0 bridgehead atoms. The van der Waals surface area contributed by atoms with Crippen molar-refractivity contribution in [2.45, 2.75) is 44.8 Å². The average molecular weight is 291 g/mol. The summed E-state index contributed by atoms with van der Waals surface area (Å²) >= 11 is 0. The van der Waals surface area contributed by atoms with Crippen LogP contribution in [-0.2, 0) is 0 Å². The number of hydrogen-bond donors (Lipinski definition) is 2. The van der Waals surface area contributed by atoms with Gasteiger partial charge < -0.3 is 19.9 Å². The minimum atomic E-state index is -0.505. The number of aliphatic hydroxyl groups excluding tert-OH is 1. The molecule has 1 aliphatic carbocycles. The summed E-state index contributed by atoms with van der Waals surface area (Å²) in [5.74, 6) is 2.21. The third kappa shape index (κ3) is 3.50. The van der Waals surface area contributed by atoms with Gasteiger partial charge in [0.2, 0.25) is 0 Å². The van der Waals surface area contributed by atoms with E-state index >= 15 is 0 Å². The Morgan fingerprint density at radius 1 is 1.19 bits per heavy atom. The van der Waals surface area contributed by atoms with Crippen molar-refractivity contribution < 1.29 is 14.6 Å². The predicted molar refractivity (Wildman–Crippen MR) is 81.8 cm³/mol. The van der Waals surface area contributed by atoms with E-state index in [9.17, 15) is 5.11 Å². The van der Waals surface area contributed by atoms with Crippen LogP contribution in [0.3, 0.4) is 0 Å². The summed E-state index contributed by atoms with van der Waals surface area (Å²) < 4.78 is 11.1. The van der Waals surface area contributed by atoms with Crippen molar-refractivity contribution in [3.8, 4) is 11.5 Å². The maximum absolute atomic E-state index is 10.4. The van der Waals surface area contributed by atoms with Gasteiger partial charge in [-0.1, -0.05) is 25.8 Å². The Balaban J connectivity index is 1.58. The van der Waals surface area contributed by atoms with Crippen molar-refractivity contribution in [2.75, 3.05) is 19.8 Å². The van der Waals surface area contributed by atoms with E-state index in [0.717, 1.165) is 17.1 Å². The molecule has 3 unspecified atom stereocenters. The van der Waals surface area contributed by atoms with Crippen LogP contribution < -0.4 is 14.8 Å². The Kier molecular flexibility index (Phi) is 4.66. The molecule has 1 heterocycles. The van der Waals surface area contributed by atoms with Crippen molar-refractivity contribution >= 4 is 0 Å². The molecular weight excluding hydrogens is 266 g/mol. The molecule has 0 radical (unpaired) electrons. The Morgan fingerprint density at radius 2 is 1.95 bits per heavy atom. The second-order valence-electron chi connectivity index (χ2n) is 6.20. The van der Waals surface area contributed by atoms with Gasteiger partial charge in [-0.2, -0.15) is 0 Å². The minimum Gasteiger partial charge on any atom is -0.486 e. The summed E-state index contributed by atoms with van der Waals surface area (Å²) in [5, 5.41) is 13.9. The fourth-order valence-electron chi connectivity index (χ4n) is 3.27. The molecule has 116 valence electrons. The molecule has 1 aliphatic heterocycles. The molecule has 2 aliphatic rings. The van der Waals surface area contributed by atoms with E-state index in [1.807, 2.05) is 18.2 Å². The van der Waals surface area contributed by atoms with Gasteiger partial charge in [0.15, 0.2) is 11.5 Å². The first-order valence-electron chi connectivity index (χ1n) is 8.05. The number of benzene rings is 1. The number of nitrogens with one attached hydrogen (secondary N) is 1. The van der Waals surface area contributed by atoms with Crippen LogP contribution in [0.4, 0.5) is 0 Å². The largest absolute Gasteiger partial charge is 0.486 e. The lowest BCUT2D eigenvalue weighted by Crippen LogP contribution is -2.39. The quantitative estimate of drug-likeness (QED) is 0.895. The lowest BCUT2D eigenvalue weighted by molar-refractivity contribution is 0.153. The van der Waals surface area contributed by atoms with E-state index < -0.39 is 6.10 Å².